The van der Waals surface area contributed by atoms with E-state index in [2.05, 4.69) is 0 Å². The van der Waals surface area contributed by atoms with Crippen LogP contribution in [-0.2, 0) is 36.3 Å². The van der Waals surface area contributed by atoms with Crippen molar-refractivity contribution in [3.8, 4) is 0 Å². The standard InChI is InChI=1S/C29H26ClF8NO5S/c30-21-14-19(7-9-22(21)31)45(43,44)26-11-12-39(24(40)15-1-3-16(4-2-15)25(41)42)23(26)10-5-17-13-18(6-8-20(17)26)27(32,28(33,34)35)29(36,37)38/h6-9,13-16,23H,1-5,10-12H2,(H,41,42)/t15-,16-,23?,26?. The summed E-state index contributed by atoms with van der Waals surface area (Å²) < 4.78 is 137. The third kappa shape index (κ3) is 5.08. The van der Waals surface area contributed by atoms with Gasteiger partial charge in [-0.1, -0.05) is 29.8 Å². The molecule has 2 atom stereocenters. The van der Waals surface area contributed by atoms with Gasteiger partial charge < -0.3 is 10.0 Å². The van der Waals surface area contributed by atoms with Gasteiger partial charge in [-0.15, -0.1) is 0 Å². The van der Waals surface area contributed by atoms with Crippen molar-refractivity contribution in [3.63, 3.8) is 0 Å². The first-order valence-electron chi connectivity index (χ1n) is 14.0. The molecule has 0 aromatic heterocycles. The number of hydrogen-bond acceptors (Lipinski definition) is 4. The summed E-state index contributed by atoms with van der Waals surface area (Å²) in [5, 5.41) is 8.74. The highest BCUT2D eigenvalue weighted by molar-refractivity contribution is 7.92. The normalized spacial score (nSPS) is 25.9. The predicted molar refractivity (Wildman–Crippen MR) is 143 cm³/mol. The Hall–Kier alpha value is -2.94. The van der Waals surface area contributed by atoms with Crippen molar-refractivity contribution in [1.29, 1.82) is 0 Å². The zero-order chi connectivity index (χ0) is 33.3. The second kappa shape index (κ2) is 11.1. The largest absolute Gasteiger partial charge is 0.481 e. The van der Waals surface area contributed by atoms with E-state index in [-0.39, 0.29) is 68.7 Å². The fourth-order valence-electron chi connectivity index (χ4n) is 7.17. The number of amides is 1. The molecule has 0 spiro atoms. The van der Waals surface area contributed by atoms with Crippen LogP contribution < -0.4 is 0 Å². The van der Waals surface area contributed by atoms with Gasteiger partial charge in [0.1, 0.15) is 10.6 Å². The summed E-state index contributed by atoms with van der Waals surface area (Å²) in [7, 11) is -4.70. The molecule has 0 radical (unpaired) electrons. The van der Waals surface area contributed by atoms with Crippen LogP contribution in [0, 0.1) is 17.7 Å². The van der Waals surface area contributed by atoms with Gasteiger partial charge in [0.05, 0.1) is 21.9 Å². The summed E-state index contributed by atoms with van der Waals surface area (Å²) in [5.41, 5.74) is -7.97. The van der Waals surface area contributed by atoms with Gasteiger partial charge in [-0.3, -0.25) is 9.59 Å². The van der Waals surface area contributed by atoms with Crippen molar-refractivity contribution in [2.24, 2.45) is 11.8 Å². The lowest BCUT2D eigenvalue weighted by atomic mass is 9.76. The van der Waals surface area contributed by atoms with E-state index in [1.165, 1.54) is 4.90 Å². The Labute approximate surface area is 257 Å². The zero-order valence-corrected chi connectivity index (χ0v) is 24.8. The van der Waals surface area contributed by atoms with Crippen LogP contribution in [0.15, 0.2) is 41.3 Å². The van der Waals surface area contributed by atoms with E-state index in [9.17, 15) is 58.2 Å². The van der Waals surface area contributed by atoms with Crippen molar-refractivity contribution in [2.75, 3.05) is 6.54 Å². The van der Waals surface area contributed by atoms with Crippen LogP contribution in [0.2, 0.25) is 5.02 Å². The van der Waals surface area contributed by atoms with Gasteiger partial charge in [0.2, 0.25) is 5.91 Å². The molecule has 0 bridgehead atoms. The first-order chi connectivity index (χ1) is 20.8. The highest BCUT2D eigenvalue weighted by atomic mass is 35.5. The maximum atomic E-state index is 15.0. The van der Waals surface area contributed by atoms with E-state index in [0.29, 0.717) is 6.07 Å². The summed E-state index contributed by atoms with van der Waals surface area (Å²) in [6, 6.07) is 2.76. The zero-order valence-electron chi connectivity index (χ0n) is 23.2. The molecule has 1 aliphatic heterocycles. The molecule has 16 heteroatoms. The van der Waals surface area contributed by atoms with E-state index >= 15 is 0 Å². The molecule has 2 fully saturated rings. The molecule has 3 aliphatic rings. The van der Waals surface area contributed by atoms with Gasteiger partial charge in [-0.25, -0.2) is 17.2 Å². The number of carboxylic acid groups (broad SMARTS) is 1. The molecule has 6 nitrogen and oxygen atoms in total. The Morgan fingerprint density at radius 3 is 2.04 bits per heavy atom. The summed E-state index contributed by atoms with van der Waals surface area (Å²) in [4.78, 5) is 26.0. The average molecular weight is 688 g/mol. The predicted octanol–water partition coefficient (Wildman–Crippen LogP) is 6.88. The molecular weight excluding hydrogens is 662 g/mol. The van der Waals surface area contributed by atoms with Gasteiger partial charge in [-0.2, -0.15) is 26.3 Å². The SMILES string of the molecule is O=C(O)[C@H]1CC[C@H](C(=O)N2CCC3(S(=O)(=O)c4ccc(F)c(Cl)c4)c4ccc(C(F)(C(F)(F)F)C(F)(F)F)cc4CCC23)CC1. The number of rotatable bonds is 5. The molecule has 1 heterocycles. The number of carboxylic acids is 1. The number of aryl methyl sites for hydroxylation is 1. The van der Waals surface area contributed by atoms with Gasteiger partial charge in [0.25, 0.3) is 0 Å². The molecule has 5 rings (SSSR count). The van der Waals surface area contributed by atoms with E-state index < -0.39 is 83.7 Å². The number of benzene rings is 2. The molecule has 1 amide bonds. The van der Waals surface area contributed by atoms with Crippen LogP contribution in [0.3, 0.4) is 0 Å². The van der Waals surface area contributed by atoms with Crippen LogP contribution in [0.1, 0.15) is 55.2 Å². The van der Waals surface area contributed by atoms with Crippen molar-refractivity contribution in [1.82, 2.24) is 4.90 Å². The number of nitrogens with zero attached hydrogens (tertiary/aromatic N) is 1. The minimum Gasteiger partial charge on any atom is -0.481 e. The van der Waals surface area contributed by atoms with Crippen LogP contribution in [-0.4, -0.2) is 55.2 Å². The van der Waals surface area contributed by atoms with E-state index in [1.54, 1.807) is 0 Å². The number of carbonyl (C=O) groups excluding carboxylic acids is 1. The Balaban J connectivity index is 1.64. The molecule has 1 N–H and O–H groups in total. The van der Waals surface area contributed by atoms with Crippen molar-refractivity contribution in [3.05, 3.63) is 63.9 Å². The van der Waals surface area contributed by atoms with E-state index in [0.717, 1.165) is 24.3 Å². The third-order valence-electron chi connectivity index (χ3n) is 9.46. The summed E-state index contributed by atoms with van der Waals surface area (Å²) in [6.45, 7) is -0.157. The fourth-order valence-corrected chi connectivity index (χ4v) is 9.81. The van der Waals surface area contributed by atoms with Crippen LogP contribution in [0.4, 0.5) is 35.1 Å². The molecule has 2 aromatic rings. The Kier molecular flexibility index (Phi) is 8.24. The number of halogens is 9. The smallest absolute Gasteiger partial charge is 0.435 e. The molecule has 1 saturated heterocycles. The van der Waals surface area contributed by atoms with Crippen LogP contribution in [0.5, 0.6) is 0 Å². The van der Waals surface area contributed by atoms with Gasteiger partial charge in [0.15, 0.2) is 9.84 Å². The number of alkyl halides is 7. The lowest BCUT2D eigenvalue weighted by Gasteiger charge is -2.44. The van der Waals surface area contributed by atoms with Crippen LogP contribution >= 0.6 is 11.6 Å². The Morgan fingerprint density at radius 2 is 1.49 bits per heavy atom. The van der Waals surface area contributed by atoms with Gasteiger partial charge in [-0.05, 0) is 74.3 Å². The quantitative estimate of drug-likeness (QED) is 0.274. The van der Waals surface area contributed by atoms with Crippen molar-refractivity contribution in [2.45, 2.75) is 78.7 Å². The lowest BCUT2D eigenvalue weighted by molar-refractivity contribution is -0.348. The first-order valence-corrected chi connectivity index (χ1v) is 15.8. The molecular formula is C29H26ClF8NO5S. The topological polar surface area (TPSA) is 91.8 Å². The van der Waals surface area contributed by atoms with E-state index in [4.69, 9.17) is 11.6 Å². The maximum absolute atomic E-state index is 15.0. The molecule has 2 unspecified atom stereocenters. The number of hydrogen-bond donors (Lipinski definition) is 1. The monoisotopic (exact) mass is 687 g/mol. The van der Waals surface area contributed by atoms with Crippen LogP contribution in [0.25, 0.3) is 0 Å². The molecule has 246 valence electrons. The summed E-state index contributed by atoms with van der Waals surface area (Å²) in [5.74, 6) is -3.66. The second-order valence-electron chi connectivity index (χ2n) is 11.7. The fraction of sp³-hybridized carbons (Fsp3) is 0.517. The first kappa shape index (κ1) is 33.4. The number of sulfone groups is 1. The van der Waals surface area contributed by atoms with E-state index in [1.807, 2.05) is 0 Å². The molecule has 45 heavy (non-hydrogen) atoms. The maximum Gasteiger partial charge on any atom is 0.435 e. The number of carbonyl (C=O) groups is 2. The number of likely N-dealkylation sites (tertiary alicyclic amines) is 1. The van der Waals surface area contributed by atoms with Gasteiger partial charge >= 0.3 is 24.0 Å². The highest BCUT2D eigenvalue weighted by Gasteiger charge is 2.74. The van der Waals surface area contributed by atoms with Crippen molar-refractivity contribution < 1.29 is 58.2 Å². The molecule has 2 aliphatic carbocycles. The van der Waals surface area contributed by atoms with Crippen molar-refractivity contribution >= 4 is 33.3 Å². The minimum atomic E-state index is -6.39. The third-order valence-corrected chi connectivity index (χ3v) is 12.3. The van der Waals surface area contributed by atoms with Gasteiger partial charge in [0, 0.05) is 18.0 Å². The minimum absolute atomic E-state index is 0.157. The number of aliphatic carboxylic acids is 1. The number of fused-ring (bicyclic) bond motifs is 3. The summed E-state index contributed by atoms with van der Waals surface area (Å²) >= 11 is 5.87. The second-order valence-corrected chi connectivity index (χ2v) is 14.3. The summed E-state index contributed by atoms with van der Waals surface area (Å²) in [6.07, 6.45) is -12.7. The Bertz CT molecular complexity index is 1620. The molecule has 1 saturated carbocycles. The highest BCUT2D eigenvalue weighted by Crippen LogP contribution is 2.57. The Morgan fingerprint density at radius 1 is 0.889 bits per heavy atom. The lowest BCUT2D eigenvalue weighted by Crippen LogP contribution is -2.53. The average Bonchev–Trinajstić information content (AvgIpc) is 3.38. The molecule has 2 aromatic carbocycles.